The van der Waals surface area contributed by atoms with Gasteiger partial charge < -0.3 is 5.32 Å². The van der Waals surface area contributed by atoms with Gasteiger partial charge in [-0.2, -0.15) is 5.10 Å². The summed E-state index contributed by atoms with van der Waals surface area (Å²) in [5.74, 6) is 0. The van der Waals surface area contributed by atoms with Crippen LogP contribution >= 0.6 is 50.5 Å². The third-order valence-electron chi connectivity index (χ3n) is 2.61. The topological polar surface area (TPSA) is 29.9 Å². The zero-order chi connectivity index (χ0) is 13.3. The van der Waals surface area contributed by atoms with E-state index in [9.17, 15) is 0 Å². The molecule has 0 saturated carbocycles. The second-order valence-electron chi connectivity index (χ2n) is 3.77. The largest absolute Gasteiger partial charge is 0.305 e. The summed E-state index contributed by atoms with van der Waals surface area (Å²) in [5, 5.41) is 7.65. The van der Waals surface area contributed by atoms with Gasteiger partial charge in [0.2, 0.25) is 0 Å². The van der Waals surface area contributed by atoms with Crippen LogP contribution in [0.15, 0.2) is 16.7 Å². The molecule has 1 unspecified atom stereocenters. The predicted octanol–water partition coefficient (Wildman–Crippen LogP) is 4.25. The maximum absolute atomic E-state index is 6.25. The van der Waals surface area contributed by atoms with Gasteiger partial charge in [0, 0.05) is 12.6 Å². The van der Waals surface area contributed by atoms with Crippen molar-refractivity contribution >= 4 is 50.5 Å². The summed E-state index contributed by atoms with van der Waals surface area (Å²) >= 11 is 17.2. The first-order valence-corrected chi connectivity index (χ1v) is 7.76. The second-order valence-corrected chi connectivity index (χ2v) is 6.91. The van der Waals surface area contributed by atoms with E-state index in [0.29, 0.717) is 8.67 Å². The molecule has 0 aliphatic rings. The molecule has 0 saturated heterocycles. The Labute approximate surface area is 128 Å². The van der Waals surface area contributed by atoms with Gasteiger partial charge in [-0.15, -0.1) is 11.3 Å². The standard InChI is InChI=1S/C11H12BrCl2N3S/c1-3-15-9(6-4-8(13)18-11(6)14)10-7(12)5-16-17(10)2/h4-5,9,15H,3H2,1-2H3. The number of halogens is 3. The molecule has 18 heavy (non-hydrogen) atoms. The second kappa shape index (κ2) is 5.92. The fourth-order valence-electron chi connectivity index (χ4n) is 1.85. The molecule has 2 aromatic heterocycles. The number of rotatable bonds is 4. The van der Waals surface area contributed by atoms with Crippen molar-refractivity contribution in [3.05, 3.63) is 36.7 Å². The van der Waals surface area contributed by atoms with Crippen LogP contribution in [0.5, 0.6) is 0 Å². The number of aryl methyl sites for hydroxylation is 1. The first-order chi connectivity index (χ1) is 8.54. The first-order valence-electron chi connectivity index (χ1n) is 5.40. The van der Waals surface area contributed by atoms with Crippen LogP contribution in [-0.2, 0) is 7.05 Å². The summed E-state index contributed by atoms with van der Waals surface area (Å²) in [4.78, 5) is 0. The highest BCUT2D eigenvalue weighted by Gasteiger charge is 2.23. The Kier molecular flexibility index (Phi) is 4.72. The van der Waals surface area contributed by atoms with Crippen LogP contribution in [-0.4, -0.2) is 16.3 Å². The van der Waals surface area contributed by atoms with Gasteiger partial charge in [0.15, 0.2) is 0 Å². The molecular weight excluding hydrogens is 357 g/mol. The van der Waals surface area contributed by atoms with Gasteiger partial charge in [-0.1, -0.05) is 30.1 Å². The Bertz CT molecular complexity index is 533. The van der Waals surface area contributed by atoms with E-state index in [1.807, 2.05) is 17.8 Å². The molecule has 0 aliphatic heterocycles. The van der Waals surface area contributed by atoms with E-state index in [2.05, 4.69) is 33.3 Å². The van der Waals surface area contributed by atoms with Gasteiger partial charge in [-0.05, 0) is 28.5 Å². The number of thiophene rings is 1. The molecule has 2 heterocycles. The Balaban J connectivity index is 2.49. The predicted molar refractivity (Wildman–Crippen MR) is 80.8 cm³/mol. The Morgan fingerprint density at radius 2 is 2.28 bits per heavy atom. The molecule has 2 rings (SSSR count). The average molecular weight is 369 g/mol. The average Bonchev–Trinajstić information content (AvgIpc) is 2.80. The van der Waals surface area contributed by atoms with Crippen molar-refractivity contribution in [2.45, 2.75) is 13.0 Å². The summed E-state index contributed by atoms with van der Waals surface area (Å²) in [7, 11) is 1.91. The minimum atomic E-state index is -0.0203. The van der Waals surface area contributed by atoms with Crippen molar-refractivity contribution in [3.63, 3.8) is 0 Å². The van der Waals surface area contributed by atoms with E-state index in [4.69, 9.17) is 23.2 Å². The first kappa shape index (κ1) is 14.3. The van der Waals surface area contributed by atoms with Crippen LogP contribution in [0.4, 0.5) is 0 Å². The third kappa shape index (κ3) is 2.75. The summed E-state index contributed by atoms with van der Waals surface area (Å²) < 4.78 is 4.18. The zero-order valence-electron chi connectivity index (χ0n) is 9.88. The molecule has 0 spiro atoms. The molecule has 3 nitrogen and oxygen atoms in total. The minimum absolute atomic E-state index is 0.0203. The number of nitrogens with zero attached hydrogens (tertiary/aromatic N) is 2. The van der Waals surface area contributed by atoms with Crippen molar-refractivity contribution in [2.75, 3.05) is 6.54 Å². The molecule has 7 heteroatoms. The fraction of sp³-hybridized carbons (Fsp3) is 0.364. The highest BCUT2D eigenvalue weighted by Crippen LogP contribution is 2.38. The SMILES string of the molecule is CCNC(c1cc(Cl)sc1Cl)c1c(Br)cnn1C. The van der Waals surface area contributed by atoms with Gasteiger partial charge in [0.05, 0.1) is 31.1 Å². The lowest BCUT2D eigenvalue weighted by molar-refractivity contribution is 0.572. The summed E-state index contributed by atoms with van der Waals surface area (Å²) in [5.41, 5.74) is 2.02. The lowest BCUT2D eigenvalue weighted by atomic mass is 10.1. The van der Waals surface area contributed by atoms with Crippen molar-refractivity contribution in [1.82, 2.24) is 15.1 Å². The summed E-state index contributed by atoms with van der Waals surface area (Å²) in [6.45, 7) is 2.88. The normalized spacial score (nSPS) is 12.9. The highest BCUT2D eigenvalue weighted by molar-refractivity contribution is 9.10. The number of nitrogens with one attached hydrogen (secondary N) is 1. The Morgan fingerprint density at radius 1 is 1.56 bits per heavy atom. The Hall–Kier alpha value is -0.0700. The van der Waals surface area contributed by atoms with Crippen LogP contribution in [0.1, 0.15) is 24.2 Å². The van der Waals surface area contributed by atoms with Gasteiger partial charge >= 0.3 is 0 Å². The lowest BCUT2D eigenvalue weighted by Gasteiger charge is -2.18. The summed E-state index contributed by atoms with van der Waals surface area (Å²) in [6.07, 6.45) is 1.78. The molecule has 1 N–H and O–H groups in total. The molecule has 2 aromatic rings. The molecule has 1 atom stereocenters. The van der Waals surface area contributed by atoms with E-state index in [-0.39, 0.29) is 6.04 Å². The zero-order valence-corrected chi connectivity index (χ0v) is 13.8. The van der Waals surface area contributed by atoms with E-state index >= 15 is 0 Å². The maximum Gasteiger partial charge on any atom is 0.0996 e. The molecule has 0 bridgehead atoms. The van der Waals surface area contributed by atoms with E-state index in [0.717, 1.165) is 22.3 Å². The van der Waals surface area contributed by atoms with Gasteiger partial charge in [-0.3, -0.25) is 4.68 Å². The smallest absolute Gasteiger partial charge is 0.0996 e. The van der Waals surface area contributed by atoms with Gasteiger partial charge in [0.1, 0.15) is 0 Å². The molecule has 0 radical (unpaired) electrons. The third-order valence-corrected chi connectivity index (χ3v) is 4.74. The molecule has 0 amide bonds. The van der Waals surface area contributed by atoms with Crippen LogP contribution in [0.2, 0.25) is 8.67 Å². The number of hydrogen-bond donors (Lipinski definition) is 1. The van der Waals surface area contributed by atoms with Crippen molar-refractivity contribution < 1.29 is 0 Å². The van der Waals surface area contributed by atoms with E-state index in [1.165, 1.54) is 11.3 Å². The van der Waals surface area contributed by atoms with Crippen LogP contribution < -0.4 is 5.32 Å². The molecule has 0 aliphatic carbocycles. The quantitative estimate of drug-likeness (QED) is 0.874. The van der Waals surface area contributed by atoms with Crippen molar-refractivity contribution in [1.29, 1.82) is 0 Å². The van der Waals surface area contributed by atoms with Crippen molar-refractivity contribution in [3.8, 4) is 0 Å². The molecule has 0 fully saturated rings. The van der Waals surface area contributed by atoms with E-state index in [1.54, 1.807) is 6.20 Å². The monoisotopic (exact) mass is 367 g/mol. The van der Waals surface area contributed by atoms with Gasteiger partial charge in [-0.25, -0.2) is 0 Å². The van der Waals surface area contributed by atoms with Crippen molar-refractivity contribution in [2.24, 2.45) is 7.05 Å². The van der Waals surface area contributed by atoms with Crippen LogP contribution in [0.3, 0.4) is 0 Å². The van der Waals surface area contributed by atoms with Gasteiger partial charge in [0.25, 0.3) is 0 Å². The number of hydrogen-bond acceptors (Lipinski definition) is 3. The fourth-order valence-corrected chi connectivity index (χ4v) is 3.96. The molecule has 98 valence electrons. The van der Waals surface area contributed by atoms with Crippen LogP contribution in [0.25, 0.3) is 0 Å². The lowest BCUT2D eigenvalue weighted by Crippen LogP contribution is -2.24. The summed E-state index contributed by atoms with van der Waals surface area (Å²) in [6, 6.07) is 1.88. The molecular formula is C11H12BrCl2N3S. The van der Waals surface area contributed by atoms with E-state index < -0.39 is 0 Å². The van der Waals surface area contributed by atoms with Crippen LogP contribution in [0, 0.1) is 0 Å². The maximum atomic E-state index is 6.25. The molecule has 0 aromatic carbocycles. The Morgan fingerprint density at radius 3 is 2.72 bits per heavy atom. The highest BCUT2D eigenvalue weighted by atomic mass is 79.9. The number of aromatic nitrogens is 2. The minimum Gasteiger partial charge on any atom is -0.305 e.